The zero-order valence-electron chi connectivity index (χ0n) is 12.3. The quantitative estimate of drug-likeness (QED) is 0.897. The molecule has 0 aliphatic heterocycles. The van der Waals surface area contributed by atoms with E-state index in [1.54, 1.807) is 0 Å². The van der Waals surface area contributed by atoms with Crippen molar-refractivity contribution >= 4 is 10.0 Å². The minimum absolute atomic E-state index is 0.00114. The lowest BCUT2D eigenvalue weighted by atomic mass is 9.80. The Bertz CT molecular complexity index is 603. The third kappa shape index (κ3) is 3.81. The fourth-order valence-corrected chi connectivity index (χ4v) is 4.38. The van der Waals surface area contributed by atoms with E-state index in [9.17, 15) is 12.8 Å². The molecule has 0 aromatic heterocycles. The fourth-order valence-electron chi connectivity index (χ4n) is 2.95. The van der Waals surface area contributed by atoms with E-state index in [1.807, 2.05) is 6.92 Å². The molecule has 1 fully saturated rings. The van der Waals surface area contributed by atoms with Crippen molar-refractivity contribution < 1.29 is 17.9 Å². The molecule has 1 aliphatic carbocycles. The van der Waals surface area contributed by atoms with Crippen molar-refractivity contribution in [2.45, 2.75) is 50.7 Å². The molecule has 2 N–H and O–H groups in total. The average Bonchev–Trinajstić information content (AvgIpc) is 2.42. The summed E-state index contributed by atoms with van der Waals surface area (Å²) in [4.78, 5) is -0.00114. The molecule has 0 heterocycles. The zero-order valence-corrected chi connectivity index (χ0v) is 13.2. The van der Waals surface area contributed by atoms with Crippen molar-refractivity contribution in [1.82, 2.24) is 4.72 Å². The number of nitrogens with one attached hydrogen (secondary N) is 1. The van der Waals surface area contributed by atoms with Gasteiger partial charge in [-0.15, -0.1) is 0 Å². The molecule has 118 valence electrons. The van der Waals surface area contributed by atoms with Gasteiger partial charge in [0, 0.05) is 11.6 Å². The van der Waals surface area contributed by atoms with Gasteiger partial charge >= 0.3 is 0 Å². The lowest BCUT2D eigenvalue weighted by molar-refractivity contribution is 0.249. The first-order valence-electron chi connectivity index (χ1n) is 7.25. The van der Waals surface area contributed by atoms with Gasteiger partial charge in [-0.1, -0.05) is 13.8 Å². The minimum Gasteiger partial charge on any atom is -0.392 e. The van der Waals surface area contributed by atoms with Crippen LogP contribution in [0.15, 0.2) is 23.1 Å². The van der Waals surface area contributed by atoms with Crippen molar-refractivity contribution in [2.75, 3.05) is 0 Å². The predicted molar refractivity (Wildman–Crippen MR) is 78.6 cm³/mol. The summed E-state index contributed by atoms with van der Waals surface area (Å²) in [5.41, 5.74) is -0.0109. The first-order valence-corrected chi connectivity index (χ1v) is 8.73. The van der Waals surface area contributed by atoms with E-state index < -0.39 is 22.4 Å². The second-order valence-electron chi connectivity index (χ2n) is 6.03. The Hall–Kier alpha value is -0.980. The molecule has 1 aromatic rings. The molecule has 1 aliphatic rings. The van der Waals surface area contributed by atoms with Gasteiger partial charge in [-0.25, -0.2) is 17.5 Å². The van der Waals surface area contributed by atoms with Gasteiger partial charge in [-0.2, -0.15) is 0 Å². The number of halogens is 1. The highest BCUT2D eigenvalue weighted by molar-refractivity contribution is 7.89. The number of benzene rings is 1. The van der Waals surface area contributed by atoms with E-state index >= 15 is 0 Å². The van der Waals surface area contributed by atoms with Gasteiger partial charge < -0.3 is 5.11 Å². The van der Waals surface area contributed by atoms with Gasteiger partial charge in [0.05, 0.1) is 11.5 Å². The number of sulfonamides is 1. The van der Waals surface area contributed by atoms with Crippen LogP contribution < -0.4 is 4.72 Å². The van der Waals surface area contributed by atoms with Crippen molar-refractivity contribution in [3.8, 4) is 0 Å². The Morgan fingerprint density at radius 3 is 2.67 bits per heavy atom. The van der Waals surface area contributed by atoms with Crippen LogP contribution >= 0.6 is 0 Å². The highest BCUT2D eigenvalue weighted by Gasteiger charge is 2.29. The second-order valence-corrected chi connectivity index (χ2v) is 7.75. The van der Waals surface area contributed by atoms with E-state index in [0.717, 1.165) is 25.3 Å². The normalized spacial score (nSPS) is 26.8. The second kappa shape index (κ2) is 6.42. The van der Waals surface area contributed by atoms with E-state index in [-0.39, 0.29) is 22.4 Å². The smallest absolute Gasteiger partial charge is 0.240 e. The maximum atomic E-state index is 13.3. The number of aliphatic hydroxyl groups is 1. The standard InChI is InChI=1S/C15H22FNO3S/c1-10-3-6-15(11(2)7-10)17-21(19,20)13-4-5-14(16)12(8-13)9-18/h4-5,8,10-11,15,17-18H,3,6-7,9H2,1-2H3. The van der Waals surface area contributed by atoms with Crippen LogP contribution in [-0.2, 0) is 16.6 Å². The van der Waals surface area contributed by atoms with Crippen LogP contribution in [0.5, 0.6) is 0 Å². The highest BCUT2D eigenvalue weighted by Crippen LogP contribution is 2.29. The summed E-state index contributed by atoms with van der Waals surface area (Å²) in [6.07, 6.45) is 2.82. The van der Waals surface area contributed by atoms with Crippen LogP contribution in [0.2, 0.25) is 0 Å². The monoisotopic (exact) mass is 315 g/mol. The third-order valence-corrected chi connectivity index (χ3v) is 5.72. The van der Waals surface area contributed by atoms with Gasteiger partial charge in [0.15, 0.2) is 0 Å². The third-order valence-electron chi connectivity index (χ3n) is 4.24. The molecule has 0 bridgehead atoms. The Kier molecular flexibility index (Phi) is 5.01. The first-order chi connectivity index (χ1) is 9.83. The topological polar surface area (TPSA) is 66.4 Å². The number of hydrogen-bond donors (Lipinski definition) is 2. The molecule has 1 saturated carbocycles. The molecule has 2 rings (SSSR count). The first kappa shape index (κ1) is 16.4. The molecular formula is C15H22FNO3S. The van der Waals surface area contributed by atoms with Crippen molar-refractivity contribution in [1.29, 1.82) is 0 Å². The van der Waals surface area contributed by atoms with Crippen LogP contribution in [0, 0.1) is 17.7 Å². The summed E-state index contributed by atoms with van der Waals surface area (Å²) in [7, 11) is -3.69. The molecule has 21 heavy (non-hydrogen) atoms. The van der Waals surface area contributed by atoms with E-state index in [0.29, 0.717) is 5.92 Å². The summed E-state index contributed by atoms with van der Waals surface area (Å²) in [5, 5.41) is 9.05. The lowest BCUT2D eigenvalue weighted by Gasteiger charge is -2.32. The molecule has 0 spiro atoms. The Balaban J connectivity index is 2.18. The molecule has 6 heteroatoms. The SMILES string of the molecule is CC1CCC(NS(=O)(=O)c2ccc(F)c(CO)c2)C(C)C1. The highest BCUT2D eigenvalue weighted by atomic mass is 32.2. The summed E-state index contributed by atoms with van der Waals surface area (Å²) < 4.78 is 40.9. The van der Waals surface area contributed by atoms with Crippen LogP contribution in [-0.4, -0.2) is 19.6 Å². The molecule has 4 nitrogen and oxygen atoms in total. The summed E-state index contributed by atoms with van der Waals surface area (Å²) in [5.74, 6) is 0.296. The van der Waals surface area contributed by atoms with E-state index in [2.05, 4.69) is 11.6 Å². The predicted octanol–water partition coefficient (Wildman–Crippen LogP) is 2.42. The Morgan fingerprint density at radius 2 is 2.05 bits per heavy atom. The summed E-state index contributed by atoms with van der Waals surface area (Å²) >= 11 is 0. The molecule has 0 saturated heterocycles. The van der Waals surface area contributed by atoms with Gasteiger partial charge in [0.2, 0.25) is 10.0 Å². The molecular weight excluding hydrogens is 293 g/mol. The van der Waals surface area contributed by atoms with Gasteiger partial charge in [-0.3, -0.25) is 0 Å². The maximum absolute atomic E-state index is 13.3. The number of hydrogen-bond acceptors (Lipinski definition) is 3. The zero-order chi connectivity index (χ0) is 15.6. The van der Waals surface area contributed by atoms with Gasteiger partial charge in [-0.05, 0) is 49.3 Å². The largest absolute Gasteiger partial charge is 0.392 e. The van der Waals surface area contributed by atoms with Crippen molar-refractivity contribution in [3.05, 3.63) is 29.6 Å². The van der Waals surface area contributed by atoms with Crippen LogP contribution in [0.3, 0.4) is 0 Å². The van der Waals surface area contributed by atoms with Gasteiger partial charge in [0.25, 0.3) is 0 Å². The lowest BCUT2D eigenvalue weighted by Crippen LogP contribution is -2.42. The number of rotatable bonds is 4. The van der Waals surface area contributed by atoms with Crippen molar-refractivity contribution in [2.24, 2.45) is 11.8 Å². The van der Waals surface area contributed by atoms with E-state index in [4.69, 9.17) is 5.11 Å². The molecule has 3 atom stereocenters. The molecule has 0 radical (unpaired) electrons. The molecule has 0 amide bonds. The Labute approximate surface area is 125 Å². The van der Waals surface area contributed by atoms with Crippen LogP contribution in [0.1, 0.15) is 38.7 Å². The molecule has 1 aromatic carbocycles. The maximum Gasteiger partial charge on any atom is 0.240 e. The van der Waals surface area contributed by atoms with Crippen molar-refractivity contribution in [3.63, 3.8) is 0 Å². The van der Waals surface area contributed by atoms with Crippen LogP contribution in [0.4, 0.5) is 4.39 Å². The Morgan fingerprint density at radius 1 is 1.33 bits per heavy atom. The minimum atomic E-state index is -3.69. The fraction of sp³-hybridized carbons (Fsp3) is 0.600. The average molecular weight is 315 g/mol. The van der Waals surface area contributed by atoms with E-state index in [1.165, 1.54) is 12.1 Å². The summed E-state index contributed by atoms with van der Waals surface area (Å²) in [6.45, 7) is 3.70. The molecule has 3 unspecified atom stereocenters. The number of aliphatic hydroxyl groups excluding tert-OH is 1. The summed E-state index contributed by atoms with van der Waals surface area (Å²) in [6, 6.07) is 3.40. The van der Waals surface area contributed by atoms with Gasteiger partial charge in [0.1, 0.15) is 5.82 Å². The van der Waals surface area contributed by atoms with Crippen LogP contribution in [0.25, 0.3) is 0 Å².